The van der Waals surface area contributed by atoms with Gasteiger partial charge in [-0.25, -0.2) is 0 Å². The Bertz CT molecular complexity index is 127. The second-order valence-corrected chi connectivity index (χ2v) is 4.44. The zero-order valence-electron chi connectivity index (χ0n) is 10.3. The van der Waals surface area contributed by atoms with Crippen LogP contribution in [0.15, 0.2) is 0 Å². The van der Waals surface area contributed by atoms with E-state index in [4.69, 9.17) is 10.5 Å². The highest BCUT2D eigenvalue weighted by atomic mass is 16.5. The van der Waals surface area contributed by atoms with Crippen molar-refractivity contribution in [1.82, 2.24) is 0 Å². The molecule has 0 fully saturated rings. The van der Waals surface area contributed by atoms with Crippen LogP contribution < -0.4 is 5.73 Å². The maximum absolute atomic E-state index is 5.57. The topological polar surface area (TPSA) is 35.2 Å². The van der Waals surface area contributed by atoms with Crippen LogP contribution in [0.1, 0.15) is 40.5 Å². The van der Waals surface area contributed by atoms with Crippen molar-refractivity contribution in [1.29, 1.82) is 0 Å². The average molecular weight is 201 g/mol. The maximum atomic E-state index is 5.57. The van der Waals surface area contributed by atoms with Crippen LogP contribution in [0.25, 0.3) is 0 Å². The van der Waals surface area contributed by atoms with Gasteiger partial charge < -0.3 is 10.5 Å². The fourth-order valence-electron chi connectivity index (χ4n) is 1.54. The highest BCUT2D eigenvalue weighted by Crippen LogP contribution is 2.23. The Balaban J connectivity index is 3.56. The summed E-state index contributed by atoms with van der Waals surface area (Å²) in [5, 5.41) is 0. The quantitative estimate of drug-likeness (QED) is 0.613. The van der Waals surface area contributed by atoms with E-state index in [0.717, 1.165) is 38.0 Å². The van der Waals surface area contributed by atoms with Crippen LogP contribution in [0.3, 0.4) is 0 Å². The van der Waals surface area contributed by atoms with Crippen LogP contribution in [-0.4, -0.2) is 19.8 Å². The smallest absolute Gasteiger partial charge is 0.0494 e. The second kappa shape index (κ2) is 8.25. The maximum Gasteiger partial charge on any atom is 0.0494 e. The van der Waals surface area contributed by atoms with Gasteiger partial charge in [0.2, 0.25) is 0 Å². The van der Waals surface area contributed by atoms with E-state index < -0.39 is 0 Å². The summed E-state index contributed by atoms with van der Waals surface area (Å²) in [6.07, 6.45) is 2.23. The van der Waals surface area contributed by atoms with E-state index in [0.29, 0.717) is 5.92 Å². The van der Waals surface area contributed by atoms with Gasteiger partial charge in [0, 0.05) is 13.2 Å². The van der Waals surface area contributed by atoms with Gasteiger partial charge in [-0.05, 0) is 30.7 Å². The Morgan fingerprint density at radius 1 is 1.14 bits per heavy atom. The van der Waals surface area contributed by atoms with Crippen molar-refractivity contribution in [2.45, 2.75) is 40.5 Å². The fraction of sp³-hybridized carbons (Fsp3) is 1.00. The predicted octanol–water partition coefficient (Wildman–Crippen LogP) is 2.67. The van der Waals surface area contributed by atoms with E-state index in [9.17, 15) is 0 Å². The largest absolute Gasteiger partial charge is 0.381 e. The van der Waals surface area contributed by atoms with E-state index in [2.05, 4.69) is 27.7 Å². The molecule has 0 amide bonds. The molecule has 14 heavy (non-hydrogen) atoms. The Kier molecular flexibility index (Phi) is 8.20. The van der Waals surface area contributed by atoms with Gasteiger partial charge in [-0.1, -0.05) is 34.1 Å². The molecule has 0 bridgehead atoms. The molecule has 3 unspecified atom stereocenters. The third-order valence-corrected chi connectivity index (χ3v) is 3.31. The van der Waals surface area contributed by atoms with Crippen LogP contribution in [-0.2, 0) is 4.74 Å². The summed E-state index contributed by atoms with van der Waals surface area (Å²) in [5.74, 6) is 2.20. The third kappa shape index (κ3) is 5.61. The molecule has 2 nitrogen and oxygen atoms in total. The molecule has 2 N–H and O–H groups in total. The molecule has 0 aromatic heterocycles. The minimum atomic E-state index is 0.655. The summed E-state index contributed by atoms with van der Waals surface area (Å²) in [5.41, 5.74) is 5.39. The van der Waals surface area contributed by atoms with Crippen molar-refractivity contribution in [3.63, 3.8) is 0 Å². The van der Waals surface area contributed by atoms with Crippen molar-refractivity contribution in [2.75, 3.05) is 19.8 Å². The van der Waals surface area contributed by atoms with E-state index >= 15 is 0 Å². The molecule has 0 heterocycles. The van der Waals surface area contributed by atoms with Crippen LogP contribution in [0.5, 0.6) is 0 Å². The number of nitrogens with two attached hydrogens (primary N) is 1. The zero-order chi connectivity index (χ0) is 11.0. The number of hydrogen-bond donors (Lipinski definition) is 1. The molecule has 86 valence electrons. The summed E-state index contributed by atoms with van der Waals surface area (Å²) >= 11 is 0. The lowest BCUT2D eigenvalue weighted by atomic mass is 9.84. The normalized spacial score (nSPS) is 17.8. The van der Waals surface area contributed by atoms with Crippen LogP contribution in [0.2, 0.25) is 0 Å². The molecular formula is C12H27NO. The molecule has 2 heteroatoms. The molecular weight excluding hydrogens is 174 g/mol. The van der Waals surface area contributed by atoms with E-state index in [1.165, 1.54) is 6.42 Å². The number of hydrogen-bond acceptors (Lipinski definition) is 2. The molecule has 0 spiro atoms. The second-order valence-electron chi connectivity index (χ2n) is 4.44. The van der Waals surface area contributed by atoms with Gasteiger partial charge in [-0.15, -0.1) is 0 Å². The molecule has 0 aromatic rings. The van der Waals surface area contributed by atoms with Crippen molar-refractivity contribution in [2.24, 2.45) is 23.5 Å². The van der Waals surface area contributed by atoms with E-state index in [1.807, 2.05) is 0 Å². The molecule has 0 saturated carbocycles. The SMILES string of the molecule is CCC(C)C(C)C(C)COCCCN. The summed E-state index contributed by atoms with van der Waals surface area (Å²) < 4.78 is 5.57. The first-order valence-electron chi connectivity index (χ1n) is 5.91. The van der Waals surface area contributed by atoms with Gasteiger partial charge in [-0.2, -0.15) is 0 Å². The molecule has 0 radical (unpaired) electrons. The van der Waals surface area contributed by atoms with E-state index in [1.54, 1.807) is 0 Å². The minimum Gasteiger partial charge on any atom is -0.381 e. The predicted molar refractivity (Wildman–Crippen MR) is 62.3 cm³/mol. The first-order chi connectivity index (χ1) is 6.63. The molecule has 0 aliphatic heterocycles. The minimum absolute atomic E-state index is 0.655. The van der Waals surface area contributed by atoms with Crippen LogP contribution in [0.4, 0.5) is 0 Å². The van der Waals surface area contributed by atoms with Gasteiger partial charge in [0.15, 0.2) is 0 Å². The van der Waals surface area contributed by atoms with Gasteiger partial charge in [-0.3, -0.25) is 0 Å². The van der Waals surface area contributed by atoms with Gasteiger partial charge in [0.25, 0.3) is 0 Å². The van der Waals surface area contributed by atoms with Crippen molar-refractivity contribution in [3.05, 3.63) is 0 Å². The standard InChI is InChI=1S/C12H27NO/c1-5-10(2)12(4)11(3)9-14-8-6-7-13/h10-12H,5-9,13H2,1-4H3. The Morgan fingerprint density at radius 2 is 1.79 bits per heavy atom. The molecule has 0 aliphatic carbocycles. The summed E-state index contributed by atoms with van der Waals surface area (Å²) in [6.45, 7) is 11.6. The summed E-state index contributed by atoms with van der Waals surface area (Å²) in [6, 6.07) is 0. The van der Waals surface area contributed by atoms with Crippen molar-refractivity contribution < 1.29 is 4.74 Å². The summed E-state index contributed by atoms with van der Waals surface area (Å²) in [4.78, 5) is 0. The monoisotopic (exact) mass is 201 g/mol. The van der Waals surface area contributed by atoms with Gasteiger partial charge >= 0.3 is 0 Å². The lowest BCUT2D eigenvalue weighted by molar-refractivity contribution is 0.0743. The molecule has 0 aromatic carbocycles. The number of ether oxygens (including phenoxy) is 1. The Morgan fingerprint density at radius 3 is 2.29 bits per heavy atom. The first kappa shape index (κ1) is 13.9. The van der Waals surface area contributed by atoms with Crippen molar-refractivity contribution in [3.8, 4) is 0 Å². The Labute approximate surface area is 89.2 Å². The van der Waals surface area contributed by atoms with Crippen LogP contribution in [0, 0.1) is 17.8 Å². The third-order valence-electron chi connectivity index (χ3n) is 3.31. The summed E-state index contributed by atoms with van der Waals surface area (Å²) in [7, 11) is 0. The molecule has 0 rings (SSSR count). The van der Waals surface area contributed by atoms with Gasteiger partial charge in [0.05, 0.1) is 0 Å². The highest BCUT2D eigenvalue weighted by molar-refractivity contribution is 4.66. The highest BCUT2D eigenvalue weighted by Gasteiger charge is 2.17. The molecule has 0 aliphatic rings. The lowest BCUT2D eigenvalue weighted by Crippen LogP contribution is -2.21. The fourth-order valence-corrected chi connectivity index (χ4v) is 1.54. The van der Waals surface area contributed by atoms with E-state index in [-0.39, 0.29) is 0 Å². The van der Waals surface area contributed by atoms with Crippen molar-refractivity contribution >= 4 is 0 Å². The molecule has 3 atom stereocenters. The van der Waals surface area contributed by atoms with Crippen LogP contribution >= 0.6 is 0 Å². The average Bonchev–Trinajstić information content (AvgIpc) is 2.21. The zero-order valence-corrected chi connectivity index (χ0v) is 10.3. The molecule has 0 saturated heterocycles. The lowest BCUT2D eigenvalue weighted by Gasteiger charge is -2.25. The number of rotatable bonds is 8. The van der Waals surface area contributed by atoms with Gasteiger partial charge in [0.1, 0.15) is 0 Å². The Hall–Kier alpha value is -0.0800. The first-order valence-corrected chi connectivity index (χ1v) is 5.91.